The number of rotatable bonds is 5. The number of hydrogen-bond acceptors (Lipinski definition) is 5. The second-order valence-electron chi connectivity index (χ2n) is 2.96. The van der Waals surface area contributed by atoms with E-state index in [4.69, 9.17) is 10.8 Å². The highest BCUT2D eigenvalue weighted by Crippen LogP contribution is 2.10. The van der Waals surface area contributed by atoms with Crippen LogP contribution >= 0.6 is 0 Å². The molecule has 0 aromatic carbocycles. The van der Waals surface area contributed by atoms with Crippen molar-refractivity contribution in [2.45, 2.75) is 13.3 Å². The van der Waals surface area contributed by atoms with E-state index in [9.17, 15) is 0 Å². The van der Waals surface area contributed by atoms with E-state index in [1.54, 1.807) is 6.20 Å². The van der Waals surface area contributed by atoms with Crippen LogP contribution in [0, 0.1) is 0 Å². The SMILES string of the molecule is CCN(CCCO)c1cncc(N)n1. The van der Waals surface area contributed by atoms with Crippen molar-refractivity contribution in [2.75, 3.05) is 30.3 Å². The Morgan fingerprint density at radius 2 is 2.29 bits per heavy atom. The van der Waals surface area contributed by atoms with Crippen LogP contribution in [0.5, 0.6) is 0 Å². The molecular formula is C9H16N4O. The predicted octanol–water partition coefficient (Wildman–Crippen LogP) is 0.268. The van der Waals surface area contributed by atoms with E-state index in [1.807, 2.05) is 11.8 Å². The molecule has 1 heterocycles. The Bertz CT molecular complexity index is 279. The molecule has 0 aliphatic rings. The number of nitrogen functional groups attached to an aromatic ring is 1. The van der Waals surface area contributed by atoms with Gasteiger partial charge in [-0.3, -0.25) is 4.98 Å². The van der Waals surface area contributed by atoms with Gasteiger partial charge in [-0.25, -0.2) is 4.98 Å². The minimum Gasteiger partial charge on any atom is -0.396 e. The molecule has 0 radical (unpaired) electrons. The van der Waals surface area contributed by atoms with Gasteiger partial charge in [0.2, 0.25) is 0 Å². The average Bonchev–Trinajstić information content (AvgIpc) is 2.19. The van der Waals surface area contributed by atoms with Crippen molar-refractivity contribution < 1.29 is 5.11 Å². The molecule has 1 aromatic heterocycles. The zero-order valence-corrected chi connectivity index (χ0v) is 8.35. The predicted molar refractivity (Wildman–Crippen MR) is 56.0 cm³/mol. The van der Waals surface area contributed by atoms with E-state index in [0.717, 1.165) is 25.3 Å². The summed E-state index contributed by atoms with van der Waals surface area (Å²) < 4.78 is 0. The summed E-state index contributed by atoms with van der Waals surface area (Å²) in [7, 11) is 0. The van der Waals surface area contributed by atoms with Crippen LogP contribution in [0.25, 0.3) is 0 Å². The normalized spacial score (nSPS) is 10.1. The summed E-state index contributed by atoms with van der Waals surface area (Å²) in [5.41, 5.74) is 5.53. The number of anilines is 2. The molecule has 0 spiro atoms. The van der Waals surface area contributed by atoms with Crippen molar-refractivity contribution in [1.82, 2.24) is 9.97 Å². The molecule has 0 aliphatic carbocycles. The molecule has 0 fully saturated rings. The van der Waals surface area contributed by atoms with Gasteiger partial charge in [-0.1, -0.05) is 0 Å². The minimum absolute atomic E-state index is 0.187. The van der Waals surface area contributed by atoms with Crippen molar-refractivity contribution in [3.63, 3.8) is 0 Å². The standard InChI is InChI=1S/C9H16N4O/c1-2-13(4-3-5-14)9-7-11-6-8(10)12-9/h6-7,14H,2-5H2,1H3,(H2,10,12). The molecule has 5 heteroatoms. The fourth-order valence-corrected chi connectivity index (χ4v) is 1.22. The van der Waals surface area contributed by atoms with Gasteiger partial charge in [-0.15, -0.1) is 0 Å². The third-order valence-corrected chi connectivity index (χ3v) is 1.93. The Morgan fingerprint density at radius 3 is 2.86 bits per heavy atom. The van der Waals surface area contributed by atoms with Gasteiger partial charge in [-0.2, -0.15) is 0 Å². The molecule has 0 saturated heterocycles. The summed E-state index contributed by atoms with van der Waals surface area (Å²) in [5, 5.41) is 8.72. The van der Waals surface area contributed by atoms with Crippen LogP contribution in [-0.2, 0) is 0 Å². The molecule has 0 amide bonds. The Balaban J connectivity index is 2.68. The monoisotopic (exact) mass is 196 g/mol. The summed E-state index contributed by atoms with van der Waals surface area (Å²) in [5.74, 6) is 1.19. The van der Waals surface area contributed by atoms with Crippen LogP contribution in [-0.4, -0.2) is 34.8 Å². The maximum atomic E-state index is 8.72. The topological polar surface area (TPSA) is 75.3 Å². The number of aromatic nitrogens is 2. The summed E-state index contributed by atoms with van der Waals surface area (Å²) in [6, 6.07) is 0. The maximum absolute atomic E-state index is 8.72. The molecule has 0 aliphatic heterocycles. The third kappa shape index (κ3) is 2.85. The smallest absolute Gasteiger partial charge is 0.149 e. The van der Waals surface area contributed by atoms with Crippen molar-refractivity contribution in [3.05, 3.63) is 12.4 Å². The first kappa shape index (κ1) is 10.7. The van der Waals surface area contributed by atoms with Crippen molar-refractivity contribution in [2.24, 2.45) is 0 Å². The Labute approximate surface area is 83.6 Å². The van der Waals surface area contributed by atoms with Crippen LogP contribution in [0.3, 0.4) is 0 Å². The lowest BCUT2D eigenvalue weighted by Crippen LogP contribution is -2.25. The van der Waals surface area contributed by atoms with Crippen LogP contribution in [0.15, 0.2) is 12.4 Å². The number of aliphatic hydroxyl groups is 1. The molecule has 1 aromatic rings. The van der Waals surface area contributed by atoms with Gasteiger partial charge in [-0.05, 0) is 13.3 Å². The van der Waals surface area contributed by atoms with Gasteiger partial charge in [0.15, 0.2) is 0 Å². The lowest BCUT2D eigenvalue weighted by Gasteiger charge is -2.20. The molecule has 1 rings (SSSR count). The first-order chi connectivity index (χ1) is 6.77. The lowest BCUT2D eigenvalue weighted by molar-refractivity contribution is 0.289. The van der Waals surface area contributed by atoms with Gasteiger partial charge in [0.25, 0.3) is 0 Å². The van der Waals surface area contributed by atoms with E-state index < -0.39 is 0 Å². The second-order valence-corrected chi connectivity index (χ2v) is 2.96. The van der Waals surface area contributed by atoms with Gasteiger partial charge < -0.3 is 15.7 Å². The highest BCUT2D eigenvalue weighted by Gasteiger charge is 2.05. The van der Waals surface area contributed by atoms with E-state index in [-0.39, 0.29) is 6.61 Å². The summed E-state index contributed by atoms with van der Waals surface area (Å²) in [6.07, 6.45) is 3.92. The molecule has 0 unspecified atom stereocenters. The van der Waals surface area contributed by atoms with Gasteiger partial charge in [0.05, 0.1) is 12.4 Å². The summed E-state index contributed by atoms with van der Waals surface area (Å²) in [4.78, 5) is 10.2. The van der Waals surface area contributed by atoms with Crippen molar-refractivity contribution in [3.8, 4) is 0 Å². The Hall–Kier alpha value is -1.36. The Morgan fingerprint density at radius 1 is 1.50 bits per heavy atom. The first-order valence-electron chi connectivity index (χ1n) is 4.71. The lowest BCUT2D eigenvalue weighted by atomic mass is 10.4. The molecule has 14 heavy (non-hydrogen) atoms. The number of aliphatic hydroxyl groups excluding tert-OH is 1. The zero-order chi connectivity index (χ0) is 10.4. The fraction of sp³-hybridized carbons (Fsp3) is 0.556. The van der Waals surface area contributed by atoms with Crippen molar-refractivity contribution in [1.29, 1.82) is 0 Å². The number of nitrogens with two attached hydrogens (primary N) is 1. The third-order valence-electron chi connectivity index (χ3n) is 1.93. The summed E-state index contributed by atoms with van der Waals surface area (Å²) in [6.45, 7) is 3.82. The molecule has 5 nitrogen and oxygen atoms in total. The summed E-state index contributed by atoms with van der Waals surface area (Å²) >= 11 is 0. The molecule has 3 N–H and O–H groups in total. The first-order valence-corrected chi connectivity index (χ1v) is 4.71. The largest absolute Gasteiger partial charge is 0.396 e. The van der Waals surface area contributed by atoms with Gasteiger partial charge in [0, 0.05) is 19.7 Å². The van der Waals surface area contributed by atoms with E-state index in [1.165, 1.54) is 6.20 Å². The molecular weight excluding hydrogens is 180 g/mol. The highest BCUT2D eigenvalue weighted by molar-refractivity contribution is 5.41. The molecule has 0 saturated carbocycles. The van der Waals surface area contributed by atoms with E-state index in [2.05, 4.69) is 9.97 Å². The molecule has 0 bridgehead atoms. The number of nitrogens with zero attached hydrogens (tertiary/aromatic N) is 3. The highest BCUT2D eigenvalue weighted by atomic mass is 16.3. The number of hydrogen-bond donors (Lipinski definition) is 2. The second kappa shape index (κ2) is 5.39. The Kier molecular flexibility index (Phi) is 4.12. The van der Waals surface area contributed by atoms with Gasteiger partial charge >= 0.3 is 0 Å². The van der Waals surface area contributed by atoms with E-state index >= 15 is 0 Å². The fourth-order valence-electron chi connectivity index (χ4n) is 1.22. The van der Waals surface area contributed by atoms with Crippen molar-refractivity contribution >= 4 is 11.6 Å². The zero-order valence-electron chi connectivity index (χ0n) is 8.35. The van der Waals surface area contributed by atoms with Crippen LogP contribution < -0.4 is 10.6 Å². The quantitative estimate of drug-likeness (QED) is 0.707. The maximum Gasteiger partial charge on any atom is 0.149 e. The van der Waals surface area contributed by atoms with Gasteiger partial charge in [0.1, 0.15) is 11.6 Å². The van der Waals surface area contributed by atoms with Crippen LogP contribution in [0.2, 0.25) is 0 Å². The minimum atomic E-state index is 0.187. The average molecular weight is 196 g/mol. The van der Waals surface area contributed by atoms with Crippen LogP contribution in [0.4, 0.5) is 11.6 Å². The molecule has 0 atom stereocenters. The van der Waals surface area contributed by atoms with E-state index in [0.29, 0.717) is 5.82 Å². The van der Waals surface area contributed by atoms with Crippen LogP contribution in [0.1, 0.15) is 13.3 Å². The molecule has 78 valence electrons.